The van der Waals surface area contributed by atoms with Crippen molar-refractivity contribution in [2.45, 2.75) is 12.3 Å². The van der Waals surface area contributed by atoms with E-state index in [1.165, 1.54) is 0 Å². The Hall–Kier alpha value is -0.870. The minimum Gasteiger partial charge on any atom is -0.439 e. The molecule has 0 radical (unpaired) electrons. The van der Waals surface area contributed by atoms with Gasteiger partial charge in [-0.1, -0.05) is 37.9 Å². The molecule has 0 unspecified atom stereocenters. The van der Waals surface area contributed by atoms with Crippen LogP contribution < -0.4 is 4.74 Å². The molecule has 17 heavy (non-hydrogen) atoms. The van der Waals surface area contributed by atoms with Crippen LogP contribution in [-0.4, -0.2) is 4.98 Å². The Kier molecular flexibility index (Phi) is 4.18. The summed E-state index contributed by atoms with van der Waals surface area (Å²) in [7, 11) is 0. The van der Waals surface area contributed by atoms with Crippen LogP contribution in [0.15, 0.2) is 41.0 Å². The maximum Gasteiger partial charge on any atom is 0.223 e. The molecule has 2 rings (SSSR count). The lowest BCUT2D eigenvalue weighted by atomic mass is 10.2. The quantitative estimate of drug-likeness (QED) is 0.734. The van der Waals surface area contributed by atoms with Crippen LogP contribution in [0.4, 0.5) is 0 Å². The molecule has 0 saturated heterocycles. The largest absolute Gasteiger partial charge is 0.439 e. The van der Waals surface area contributed by atoms with E-state index in [-0.39, 0.29) is 0 Å². The molecule has 2 aromatic rings. The fourth-order valence-electron chi connectivity index (χ4n) is 1.41. The highest BCUT2D eigenvalue weighted by atomic mass is 79.9. The van der Waals surface area contributed by atoms with Gasteiger partial charge >= 0.3 is 0 Å². The van der Waals surface area contributed by atoms with Crippen LogP contribution in [0.2, 0.25) is 0 Å². The van der Waals surface area contributed by atoms with E-state index >= 15 is 0 Å². The zero-order valence-corrected chi connectivity index (χ0v) is 12.5. The molecule has 0 spiro atoms. The van der Waals surface area contributed by atoms with Crippen molar-refractivity contribution < 1.29 is 4.74 Å². The number of benzene rings is 1. The number of aromatic nitrogens is 1. The maximum absolute atomic E-state index is 5.77. The van der Waals surface area contributed by atoms with Gasteiger partial charge < -0.3 is 4.74 Å². The van der Waals surface area contributed by atoms with Crippen molar-refractivity contribution in [3.05, 3.63) is 52.1 Å². The molecule has 0 saturated carbocycles. The second kappa shape index (κ2) is 5.65. The predicted octanol–water partition coefficient (Wildman–Crippen LogP) is 4.84. The minimum absolute atomic E-state index is 0.645. The number of hydrogen-bond acceptors (Lipinski definition) is 2. The number of aryl methyl sites for hydroxylation is 1. The Bertz CT molecular complexity index is 529. The molecule has 0 aliphatic carbocycles. The van der Waals surface area contributed by atoms with Crippen LogP contribution in [0.5, 0.6) is 11.6 Å². The van der Waals surface area contributed by atoms with Gasteiger partial charge in [-0.3, -0.25) is 0 Å². The lowest BCUT2D eigenvalue weighted by Gasteiger charge is -2.09. The predicted molar refractivity (Wildman–Crippen MR) is 75.8 cm³/mol. The van der Waals surface area contributed by atoms with Gasteiger partial charge in [0, 0.05) is 21.6 Å². The summed E-state index contributed by atoms with van der Waals surface area (Å²) in [4.78, 5) is 4.23. The van der Waals surface area contributed by atoms with Gasteiger partial charge in [0.05, 0.1) is 0 Å². The molecule has 4 heteroatoms. The van der Waals surface area contributed by atoms with E-state index in [0.29, 0.717) is 5.88 Å². The molecule has 0 amide bonds. The van der Waals surface area contributed by atoms with Crippen LogP contribution in [0.3, 0.4) is 0 Å². The molecular weight excluding hydrogens is 346 g/mol. The van der Waals surface area contributed by atoms with Crippen molar-refractivity contribution in [3.63, 3.8) is 0 Å². The van der Waals surface area contributed by atoms with Gasteiger partial charge in [0.2, 0.25) is 5.88 Å². The first-order chi connectivity index (χ1) is 8.20. The highest BCUT2D eigenvalue weighted by Crippen LogP contribution is 2.27. The Labute approximate surface area is 117 Å². The molecule has 0 bridgehead atoms. The average Bonchev–Trinajstić information content (AvgIpc) is 2.34. The molecular formula is C13H11Br2NO. The molecule has 0 atom stereocenters. The number of alkyl halides is 1. The van der Waals surface area contributed by atoms with Gasteiger partial charge in [0.1, 0.15) is 5.75 Å². The summed E-state index contributed by atoms with van der Waals surface area (Å²) in [5, 5.41) is 0.728. The van der Waals surface area contributed by atoms with Gasteiger partial charge in [0.15, 0.2) is 0 Å². The summed E-state index contributed by atoms with van der Waals surface area (Å²) in [6.07, 6.45) is 1.73. The van der Waals surface area contributed by atoms with Gasteiger partial charge in [-0.2, -0.15) is 0 Å². The zero-order chi connectivity index (χ0) is 12.3. The first-order valence-corrected chi connectivity index (χ1v) is 7.06. The monoisotopic (exact) mass is 355 g/mol. The fourth-order valence-corrected chi connectivity index (χ4v) is 2.08. The van der Waals surface area contributed by atoms with Crippen LogP contribution in [-0.2, 0) is 5.33 Å². The van der Waals surface area contributed by atoms with E-state index in [2.05, 4.69) is 36.8 Å². The van der Waals surface area contributed by atoms with Crippen LogP contribution >= 0.6 is 31.9 Å². The highest BCUT2D eigenvalue weighted by Gasteiger charge is 2.05. The van der Waals surface area contributed by atoms with E-state index in [1.807, 2.05) is 37.3 Å². The first-order valence-electron chi connectivity index (χ1n) is 5.14. The number of hydrogen-bond donors (Lipinski definition) is 0. The van der Waals surface area contributed by atoms with Crippen LogP contribution in [0.25, 0.3) is 0 Å². The molecule has 1 aromatic heterocycles. The van der Waals surface area contributed by atoms with Crippen LogP contribution in [0, 0.1) is 6.92 Å². The van der Waals surface area contributed by atoms with E-state index < -0.39 is 0 Å². The first kappa shape index (κ1) is 12.6. The maximum atomic E-state index is 5.77. The number of nitrogens with zero attached hydrogens (tertiary/aromatic N) is 1. The lowest BCUT2D eigenvalue weighted by Crippen LogP contribution is -1.92. The minimum atomic E-state index is 0.645. The Morgan fingerprint density at radius 3 is 2.82 bits per heavy atom. The summed E-state index contributed by atoms with van der Waals surface area (Å²) in [5.41, 5.74) is 2.17. The van der Waals surface area contributed by atoms with E-state index in [9.17, 15) is 0 Å². The van der Waals surface area contributed by atoms with E-state index in [1.54, 1.807) is 6.20 Å². The number of ether oxygens (including phenoxy) is 1. The number of pyridine rings is 1. The Morgan fingerprint density at radius 2 is 2.12 bits per heavy atom. The number of halogens is 2. The SMILES string of the molecule is Cc1cc(Oc2ncccc2CBr)ccc1Br. The van der Waals surface area contributed by atoms with Crippen molar-refractivity contribution in [2.24, 2.45) is 0 Å². The molecule has 1 aromatic carbocycles. The smallest absolute Gasteiger partial charge is 0.223 e. The molecule has 2 nitrogen and oxygen atoms in total. The Morgan fingerprint density at radius 1 is 1.29 bits per heavy atom. The van der Waals surface area contributed by atoms with Crippen molar-refractivity contribution in [1.29, 1.82) is 0 Å². The van der Waals surface area contributed by atoms with Gasteiger partial charge in [-0.25, -0.2) is 4.98 Å². The third kappa shape index (κ3) is 3.07. The van der Waals surface area contributed by atoms with Crippen LogP contribution in [0.1, 0.15) is 11.1 Å². The normalized spacial score (nSPS) is 10.3. The van der Waals surface area contributed by atoms with Gasteiger partial charge in [0.25, 0.3) is 0 Å². The topological polar surface area (TPSA) is 22.1 Å². The molecule has 0 N–H and O–H groups in total. The van der Waals surface area contributed by atoms with E-state index in [0.717, 1.165) is 26.7 Å². The zero-order valence-electron chi connectivity index (χ0n) is 9.28. The second-order valence-electron chi connectivity index (χ2n) is 3.61. The van der Waals surface area contributed by atoms with Gasteiger partial charge in [-0.05, 0) is 36.8 Å². The fraction of sp³-hybridized carbons (Fsp3) is 0.154. The molecule has 0 aliphatic rings. The van der Waals surface area contributed by atoms with Crippen molar-refractivity contribution in [2.75, 3.05) is 0 Å². The van der Waals surface area contributed by atoms with Crippen molar-refractivity contribution in [3.8, 4) is 11.6 Å². The molecule has 0 aliphatic heterocycles. The second-order valence-corrected chi connectivity index (χ2v) is 5.03. The molecule has 88 valence electrons. The summed E-state index contributed by atoms with van der Waals surface area (Å²) < 4.78 is 6.85. The summed E-state index contributed by atoms with van der Waals surface area (Å²) >= 11 is 6.88. The Balaban J connectivity index is 2.28. The van der Waals surface area contributed by atoms with E-state index in [4.69, 9.17) is 4.74 Å². The molecule has 1 heterocycles. The summed E-state index contributed by atoms with van der Waals surface area (Å²) in [6, 6.07) is 9.76. The number of rotatable bonds is 3. The van der Waals surface area contributed by atoms with Crippen molar-refractivity contribution >= 4 is 31.9 Å². The van der Waals surface area contributed by atoms with Gasteiger partial charge in [-0.15, -0.1) is 0 Å². The standard InChI is InChI=1S/C13H11Br2NO/c1-9-7-11(4-5-12(9)15)17-13-10(8-14)3-2-6-16-13/h2-7H,8H2,1H3. The summed E-state index contributed by atoms with van der Waals surface area (Å²) in [6.45, 7) is 2.03. The summed E-state index contributed by atoms with van der Waals surface area (Å²) in [5.74, 6) is 1.44. The lowest BCUT2D eigenvalue weighted by molar-refractivity contribution is 0.458. The molecule has 0 fully saturated rings. The highest BCUT2D eigenvalue weighted by molar-refractivity contribution is 9.10. The average molecular weight is 357 g/mol. The third-order valence-corrected chi connectivity index (χ3v) is 3.83. The third-order valence-electron chi connectivity index (χ3n) is 2.34. The van der Waals surface area contributed by atoms with Crippen molar-refractivity contribution in [1.82, 2.24) is 4.98 Å².